The number of piperazine rings is 1. The molecule has 1 heterocycles. The Morgan fingerprint density at radius 3 is 2.95 bits per heavy atom. The molecule has 0 aromatic heterocycles. The van der Waals surface area contributed by atoms with Crippen LogP contribution in [-0.2, 0) is 14.3 Å². The Bertz CT molecular complexity index is 493. The quantitative estimate of drug-likeness (QED) is 0.840. The van der Waals surface area contributed by atoms with Gasteiger partial charge >= 0.3 is 5.97 Å². The highest BCUT2D eigenvalue weighted by atomic mass is 35.5. The van der Waals surface area contributed by atoms with E-state index in [1.165, 1.54) is 7.11 Å². The lowest BCUT2D eigenvalue weighted by molar-refractivity contribution is -0.144. The number of esters is 1. The van der Waals surface area contributed by atoms with Crippen LogP contribution in [0.25, 0.3) is 0 Å². The number of hydrogen-bond acceptors (Lipinski definition) is 4. The van der Waals surface area contributed by atoms with Crippen molar-refractivity contribution in [3.8, 4) is 0 Å². The summed E-state index contributed by atoms with van der Waals surface area (Å²) in [6, 6.07) is 6.59. The molecule has 1 fully saturated rings. The van der Waals surface area contributed by atoms with E-state index in [1.807, 2.05) is 6.07 Å². The first-order chi connectivity index (χ1) is 9.13. The molecule has 1 aliphatic rings. The SMILES string of the molecule is COC(=O)CN1CCNC(=O)[C@H]1c1ccccc1Cl. The van der Waals surface area contributed by atoms with Gasteiger partial charge in [-0.2, -0.15) is 0 Å². The average Bonchev–Trinajstić information content (AvgIpc) is 2.40. The molecule has 102 valence electrons. The summed E-state index contributed by atoms with van der Waals surface area (Å²) < 4.78 is 4.66. The number of ether oxygens (including phenoxy) is 1. The van der Waals surface area contributed by atoms with Crippen LogP contribution in [0.15, 0.2) is 24.3 Å². The number of halogens is 1. The Labute approximate surface area is 116 Å². The second-order valence-corrected chi connectivity index (χ2v) is 4.67. The zero-order chi connectivity index (χ0) is 13.8. The third-order valence-electron chi connectivity index (χ3n) is 3.07. The van der Waals surface area contributed by atoms with Gasteiger partial charge in [0, 0.05) is 18.1 Å². The number of nitrogens with one attached hydrogen (secondary N) is 1. The van der Waals surface area contributed by atoms with Crippen LogP contribution in [0, 0.1) is 0 Å². The van der Waals surface area contributed by atoms with Gasteiger partial charge in [0.25, 0.3) is 0 Å². The van der Waals surface area contributed by atoms with Gasteiger partial charge < -0.3 is 10.1 Å². The van der Waals surface area contributed by atoms with Crippen molar-refractivity contribution in [2.75, 3.05) is 26.7 Å². The molecule has 1 atom stereocenters. The zero-order valence-corrected chi connectivity index (χ0v) is 11.3. The van der Waals surface area contributed by atoms with E-state index in [4.69, 9.17) is 11.6 Å². The summed E-state index contributed by atoms with van der Waals surface area (Å²) in [5.74, 6) is -0.519. The summed E-state index contributed by atoms with van der Waals surface area (Å²) in [6.45, 7) is 1.16. The van der Waals surface area contributed by atoms with Crippen molar-refractivity contribution < 1.29 is 14.3 Å². The van der Waals surface area contributed by atoms with Crippen LogP contribution in [0.4, 0.5) is 0 Å². The van der Waals surface area contributed by atoms with Gasteiger partial charge in [-0.15, -0.1) is 0 Å². The third-order valence-corrected chi connectivity index (χ3v) is 3.42. The molecule has 2 rings (SSSR count). The lowest BCUT2D eigenvalue weighted by atomic mass is 10.0. The zero-order valence-electron chi connectivity index (χ0n) is 10.6. The second kappa shape index (κ2) is 6.04. The van der Waals surface area contributed by atoms with Gasteiger partial charge in [0.05, 0.1) is 13.7 Å². The molecule has 0 saturated carbocycles. The number of amides is 1. The number of hydrogen-bond donors (Lipinski definition) is 1. The molecular weight excluding hydrogens is 268 g/mol. The molecule has 0 unspecified atom stereocenters. The van der Waals surface area contributed by atoms with Gasteiger partial charge in [0.15, 0.2) is 0 Å². The maximum Gasteiger partial charge on any atom is 0.319 e. The fourth-order valence-electron chi connectivity index (χ4n) is 2.15. The van der Waals surface area contributed by atoms with E-state index in [0.29, 0.717) is 23.7 Å². The van der Waals surface area contributed by atoms with Crippen LogP contribution >= 0.6 is 11.6 Å². The molecule has 1 aromatic rings. The van der Waals surface area contributed by atoms with Crippen molar-refractivity contribution in [3.63, 3.8) is 0 Å². The Hall–Kier alpha value is -1.59. The maximum absolute atomic E-state index is 12.1. The Morgan fingerprint density at radius 1 is 1.53 bits per heavy atom. The van der Waals surface area contributed by atoms with E-state index in [-0.39, 0.29) is 18.4 Å². The molecule has 1 aromatic carbocycles. The first kappa shape index (κ1) is 13.8. The van der Waals surface area contributed by atoms with E-state index in [1.54, 1.807) is 23.1 Å². The largest absolute Gasteiger partial charge is 0.468 e. The predicted molar refractivity (Wildman–Crippen MR) is 70.8 cm³/mol. The van der Waals surface area contributed by atoms with Gasteiger partial charge in [-0.3, -0.25) is 14.5 Å². The topological polar surface area (TPSA) is 58.6 Å². The number of benzene rings is 1. The summed E-state index contributed by atoms with van der Waals surface area (Å²) in [5.41, 5.74) is 0.699. The minimum absolute atomic E-state index is 0.0693. The van der Waals surface area contributed by atoms with Crippen molar-refractivity contribution in [2.24, 2.45) is 0 Å². The van der Waals surface area contributed by atoms with Crippen molar-refractivity contribution in [3.05, 3.63) is 34.9 Å². The Kier molecular flexibility index (Phi) is 4.39. The van der Waals surface area contributed by atoms with Gasteiger partial charge in [0.2, 0.25) is 5.91 Å². The van der Waals surface area contributed by atoms with E-state index < -0.39 is 6.04 Å². The monoisotopic (exact) mass is 282 g/mol. The molecule has 5 nitrogen and oxygen atoms in total. The molecule has 19 heavy (non-hydrogen) atoms. The summed E-state index contributed by atoms with van der Waals surface area (Å²) in [6.07, 6.45) is 0. The normalized spacial score (nSPS) is 19.9. The Balaban J connectivity index is 2.29. The van der Waals surface area contributed by atoms with Gasteiger partial charge in [-0.05, 0) is 11.6 Å². The molecule has 0 radical (unpaired) electrons. The molecule has 0 spiro atoms. The second-order valence-electron chi connectivity index (χ2n) is 4.26. The lowest BCUT2D eigenvalue weighted by Gasteiger charge is -2.34. The number of methoxy groups -OCH3 is 1. The first-order valence-corrected chi connectivity index (χ1v) is 6.34. The summed E-state index contributed by atoms with van der Waals surface area (Å²) >= 11 is 6.14. The highest BCUT2D eigenvalue weighted by Crippen LogP contribution is 2.28. The summed E-state index contributed by atoms with van der Waals surface area (Å²) in [5, 5.41) is 3.30. The van der Waals surface area contributed by atoms with Crippen LogP contribution in [0.5, 0.6) is 0 Å². The average molecular weight is 283 g/mol. The van der Waals surface area contributed by atoms with Crippen LogP contribution in [0.2, 0.25) is 5.02 Å². The number of nitrogens with zero attached hydrogens (tertiary/aromatic N) is 1. The standard InChI is InChI=1S/C13H15ClN2O3/c1-19-11(17)8-16-7-6-15-13(18)12(16)9-4-2-3-5-10(9)14/h2-5,12H,6-8H2,1H3,(H,15,18)/t12-/m1/s1. The number of carbonyl (C=O) groups is 2. The Morgan fingerprint density at radius 2 is 2.26 bits per heavy atom. The molecule has 1 saturated heterocycles. The smallest absolute Gasteiger partial charge is 0.319 e. The van der Waals surface area contributed by atoms with Gasteiger partial charge in [0.1, 0.15) is 6.04 Å². The van der Waals surface area contributed by atoms with Crippen LogP contribution in [-0.4, -0.2) is 43.5 Å². The number of carbonyl (C=O) groups excluding carboxylic acids is 2. The molecule has 1 amide bonds. The van der Waals surface area contributed by atoms with Gasteiger partial charge in [-0.1, -0.05) is 29.8 Å². The van der Waals surface area contributed by atoms with Crippen molar-refractivity contribution >= 4 is 23.5 Å². The molecule has 0 aliphatic carbocycles. The summed E-state index contributed by atoms with van der Waals surface area (Å²) in [7, 11) is 1.33. The van der Waals surface area contributed by atoms with E-state index >= 15 is 0 Å². The van der Waals surface area contributed by atoms with E-state index in [9.17, 15) is 9.59 Å². The summed E-state index contributed by atoms with van der Waals surface area (Å²) in [4.78, 5) is 25.3. The van der Waals surface area contributed by atoms with Crippen LogP contribution < -0.4 is 5.32 Å². The van der Waals surface area contributed by atoms with Crippen molar-refractivity contribution in [1.29, 1.82) is 0 Å². The lowest BCUT2D eigenvalue weighted by Crippen LogP contribution is -2.51. The molecular formula is C13H15ClN2O3. The van der Waals surface area contributed by atoms with E-state index in [2.05, 4.69) is 10.1 Å². The highest BCUT2D eigenvalue weighted by Gasteiger charge is 2.33. The molecule has 6 heteroatoms. The van der Waals surface area contributed by atoms with Crippen molar-refractivity contribution in [1.82, 2.24) is 10.2 Å². The van der Waals surface area contributed by atoms with Crippen LogP contribution in [0.1, 0.15) is 11.6 Å². The molecule has 1 N–H and O–H groups in total. The van der Waals surface area contributed by atoms with Gasteiger partial charge in [-0.25, -0.2) is 0 Å². The highest BCUT2D eigenvalue weighted by molar-refractivity contribution is 6.31. The molecule has 1 aliphatic heterocycles. The fourth-order valence-corrected chi connectivity index (χ4v) is 2.39. The predicted octanol–water partition coefficient (Wildman–Crippen LogP) is 0.986. The first-order valence-electron chi connectivity index (χ1n) is 5.96. The van der Waals surface area contributed by atoms with Crippen LogP contribution in [0.3, 0.4) is 0 Å². The number of rotatable bonds is 3. The van der Waals surface area contributed by atoms with E-state index in [0.717, 1.165) is 0 Å². The minimum Gasteiger partial charge on any atom is -0.468 e. The molecule has 0 bridgehead atoms. The maximum atomic E-state index is 12.1. The fraction of sp³-hybridized carbons (Fsp3) is 0.385. The van der Waals surface area contributed by atoms with Crippen molar-refractivity contribution in [2.45, 2.75) is 6.04 Å². The third kappa shape index (κ3) is 3.05. The minimum atomic E-state index is -0.554.